The van der Waals surface area contributed by atoms with Crippen LogP contribution in [0.2, 0.25) is 5.02 Å². The number of rotatable bonds is 4. The van der Waals surface area contributed by atoms with Crippen molar-refractivity contribution in [1.29, 1.82) is 0 Å². The predicted molar refractivity (Wildman–Crippen MR) is 111 cm³/mol. The van der Waals surface area contributed by atoms with Crippen LogP contribution < -0.4 is 15.5 Å². The van der Waals surface area contributed by atoms with Gasteiger partial charge in [0.15, 0.2) is 0 Å². The average molecular weight is 400 g/mol. The van der Waals surface area contributed by atoms with Crippen LogP contribution in [0.5, 0.6) is 0 Å². The molecule has 0 bridgehead atoms. The number of piperidine rings is 1. The maximum Gasteiger partial charge on any atom is 0.0639 e. The minimum absolute atomic E-state index is 0. The van der Waals surface area contributed by atoms with Crippen molar-refractivity contribution in [3.05, 3.63) is 29.3 Å². The molecule has 2 saturated heterocycles. The highest BCUT2D eigenvalue weighted by Gasteiger charge is 2.36. The van der Waals surface area contributed by atoms with Crippen molar-refractivity contribution in [2.24, 2.45) is 5.92 Å². The second-order valence-electron chi connectivity index (χ2n) is 7.74. The van der Waals surface area contributed by atoms with Crippen LogP contribution in [0, 0.1) is 5.92 Å². The third kappa shape index (κ3) is 4.66. The Hall–Kier alpha value is -0.520. The largest absolute Gasteiger partial charge is 0.379 e. The summed E-state index contributed by atoms with van der Waals surface area (Å²) in [7, 11) is 0. The molecule has 2 aliphatic heterocycles. The van der Waals surface area contributed by atoms with E-state index in [1.165, 1.54) is 37.8 Å². The summed E-state index contributed by atoms with van der Waals surface area (Å²) >= 11 is 6.42. The standard InChI is InChI=1S/C20H30ClN3O.ClH/c21-17-7-1-2-9-20(17)24-11-4-5-15(13-24)23-18-8-3-6-16(18)19-14-25-12-10-22-19;/h1-2,7,9,15-16,18-19,22-23H,3-6,8,10-14H2;1H. The first kappa shape index (κ1) is 20.2. The minimum Gasteiger partial charge on any atom is -0.379 e. The molecule has 0 aromatic heterocycles. The maximum atomic E-state index is 6.42. The van der Waals surface area contributed by atoms with Gasteiger partial charge in [-0.25, -0.2) is 0 Å². The van der Waals surface area contributed by atoms with Crippen LogP contribution in [0.25, 0.3) is 0 Å². The van der Waals surface area contributed by atoms with Crippen LogP contribution in [0.4, 0.5) is 5.69 Å². The fourth-order valence-electron chi connectivity index (χ4n) is 4.88. The van der Waals surface area contributed by atoms with Gasteiger partial charge in [-0.2, -0.15) is 0 Å². The number of nitrogens with zero attached hydrogens (tertiary/aromatic N) is 1. The van der Waals surface area contributed by atoms with E-state index >= 15 is 0 Å². The topological polar surface area (TPSA) is 36.5 Å². The van der Waals surface area contributed by atoms with E-state index in [0.717, 1.165) is 37.9 Å². The molecule has 4 nitrogen and oxygen atoms in total. The normalized spacial score (nSPS) is 32.3. The first-order valence-corrected chi connectivity index (χ1v) is 10.3. The molecule has 0 radical (unpaired) electrons. The molecule has 4 unspecified atom stereocenters. The van der Waals surface area contributed by atoms with Gasteiger partial charge in [-0.1, -0.05) is 30.2 Å². The first-order valence-electron chi connectivity index (χ1n) is 9.88. The van der Waals surface area contributed by atoms with Crippen molar-refractivity contribution in [1.82, 2.24) is 10.6 Å². The second kappa shape index (κ2) is 9.61. The van der Waals surface area contributed by atoms with Crippen molar-refractivity contribution in [3.63, 3.8) is 0 Å². The molecule has 6 heteroatoms. The van der Waals surface area contributed by atoms with Crippen molar-refractivity contribution in [2.75, 3.05) is 37.7 Å². The molecule has 0 amide bonds. The molecular formula is C20H31Cl2N3O. The highest BCUT2D eigenvalue weighted by molar-refractivity contribution is 6.33. The second-order valence-corrected chi connectivity index (χ2v) is 8.15. The van der Waals surface area contributed by atoms with Gasteiger partial charge in [0.1, 0.15) is 0 Å². The third-order valence-electron chi connectivity index (χ3n) is 6.10. The van der Waals surface area contributed by atoms with E-state index < -0.39 is 0 Å². The Morgan fingerprint density at radius 3 is 2.85 bits per heavy atom. The summed E-state index contributed by atoms with van der Waals surface area (Å²) in [5.74, 6) is 0.705. The number of hydrogen-bond acceptors (Lipinski definition) is 4. The lowest BCUT2D eigenvalue weighted by atomic mass is 9.92. The van der Waals surface area contributed by atoms with Gasteiger partial charge in [-0.3, -0.25) is 0 Å². The van der Waals surface area contributed by atoms with E-state index in [-0.39, 0.29) is 12.4 Å². The molecule has 1 aliphatic carbocycles. The molecule has 2 heterocycles. The molecule has 1 aromatic rings. The highest BCUT2D eigenvalue weighted by Crippen LogP contribution is 2.32. The molecular weight excluding hydrogens is 369 g/mol. The van der Waals surface area contributed by atoms with Crippen molar-refractivity contribution >= 4 is 29.7 Å². The molecule has 0 spiro atoms. The van der Waals surface area contributed by atoms with Crippen LogP contribution in [-0.4, -0.2) is 51.0 Å². The summed E-state index contributed by atoms with van der Waals surface area (Å²) in [4.78, 5) is 2.45. The molecule has 1 saturated carbocycles. The number of morpholine rings is 1. The lowest BCUT2D eigenvalue weighted by Crippen LogP contribution is -2.55. The molecule has 3 aliphatic rings. The van der Waals surface area contributed by atoms with E-state index in [9.17, 15) is 0 Å². The Morgan fingerprint density at radius 2 is 2.04 bits per heavy atom. The van der Waals surface area contributed by atoms with E-state index in [1.54, 1.807) is 0 Å². The smallest absolute Gasteiger partial charge is 0.0639 e. The van der Waals surface area contributed by atoms with Crippen LogP contribution >= 0.6 is 24.0 Å². The zero-order chi connectivity index (χ0) is 17.1. The first-order chi connectivity index (χ1) is 12.3. The summed E-state index contributed by atoms with van der Waals surface area (Å²) in [6.07, 6.45) is 6.44. The number of ether oxygens (including phenoxy) is 1. The maximum absolute atomic E-state index is 6.42. The zero-order valence-corrected chi connectivity index (χ0v) is 16.9. The van der Waals surface area contributed by atoms with Gasteiger partial charge >= 0.3 is 0 Å². The Balaban J connectivity index is 0.00000196. The van der Waals surface area contributed by atoms with Gasteiger partial charge in [-0.15, -0.1) is 12.4 Å². The summed E-state index contributed by atoms with van der Waals surface area (Å²) < 4.78 is 5.71. The predicted octanol–water partition coefficient (Wildman–Crippen LogP) is 3.48. The Morgan fingerprint density at radius 1 is 1.15 bits per heavy atom. The molecule has 4 atom stereocenters. The lowest BCUT2D eigenvalue weighted by Gasteiger charge is -2.39. The van der Waals surface area contributed by atoms with Crippen molar-refractivity contribution < 1.29 is 4.74 Å². The number of anilines is 1. The zero-order valence-electron chi connectivity index (χ0n) is 15.3. The number of hydrogen-bond donors (Lipinski definition) is 2. The fourth-order valence-corrected chi connectivity index (χ4v) is 5.14. The van der Waals surface area contributed by atoms with Crippen LogP contribution in [0.15, 0.2) is 24.3 Å². The van der Waals surface area contributed by atoms with E-state index in [1.807, 2.05) is 12.1 Å². The van der Waals surface area contributed by atoms with E-state index in [2.05, 4.69) is 27.7 Å². The van der Waals surface area contributed by atoms with Gasteiger partial charge < -0.3 is 20.3 Å². The SMILES string of the molecule is Cl.Clc1ccccc1N1CCCC(NC2CCCC2C2COCCN2)C1. The molecule has 146 valence electrons. The summed E-state index contributed by atoms with van der Waals surface area (Å²) in [6.45, 7) is 4.89. The van der Waals surface area contributed by atoms with Crippen molar-refractivity contribution in [2.45, 2.75) is 50.2 Å². The summed E-state index contributed by atoms with van der Waals surface area (Å²) in [6, 6.07) is 9.93. The molecule has 26 heavy (non-hydrogen) atoms. The van der Waals surface area contributed by atoms with E-state index in [0.29, 0.717) is 24.0 Å². The molecule has 3 fully saturated rings. The minimum atomic E-state index is 0. The quantitative estimate of drug-likeness (QED) is 0.812. The highest BCUT2D eigenvalue weighted by atomic mass is 35.5. The fraction of sp³-hybridized carbons (Fsp3) is 0.700. The van der Waals surface area contributed by atoms with Crippen LogP contribution in [-0.2, 0) is 4.74 Å². The van der Waals surface area contributed by atoms with Gasteiger partial charge in [-0.05, 0) is 43.7 Å². The Bertz CT molecular complexity index is 568. The third-order valence-corrected chi connectivity index (χ3v) is 6.42. The van der Waals surface area contributed by atoms with Crippen LogP contribution in [0.1, 0.15) is 32.1 Å². The number of para-hydroxylation sites is 1. The van der Waals surface area contributed by atoms with E-state index in [4.69, 9.17) is 16.3 Å². The molecule has 1 aromatic carbocycles. The van der Waals surface area contributed by atoms with Gasteiger partial charge in [0, 0.05) is 37.8 Å². The Kier molecular flexibility index (Phi) is 7.47. The number of nitrogens with one attached hydrogen (secondary N) is 2. The van der Waals surface area contributed by atoms with Crippen molar-refractivity contribution in [3.8, 4) is 0 Å². The van der Waals surface area contributed by atoms with Gasteiger partial charge in [0.2, 0.25) is 0 Å². The molecule has 2 N–H and O–H groups in total. The van der Waals surface area contributed by atoms with Crippen LogP contribution in [0.3, 0.4) is 0 Å². The number of halogens is 2. The molecule has 4 rings (SSSR count). The van der Waals surface area contributed by atoms with Gasteiger partial charge in [0.05, 0.1) is 23.9 Å². The lowest BCUT2D eigenvalue weighted by molar-refractivity contribution is 0.0515. The number of benzene rings is 1. The van der Waals surface area contributed by atoms with Gasteiger partial charge in [0.25, 0.3) is 0 Å². The summed E-state index contributed by atoms with van der Waals surface area (Å²) in [5, 5.41) is 8.55. The average Bonchev–Trinajstić information content (AvgIpc) is 3.11. The Labute approximate surface area is 168 Å². The monoisotopic (exact) mass is 399 g/mol. The summed E-state index contributed by atoms with van der Waals surface area (Å²) in [5.41, 5.74) is 1.18.